The monoisotopic (exact) mass is 263 g/mol. The fraction of sp³-hybridized carbons (Fsp3) is 0.533. The molecule has 1 amide bonds. The lowest BCUT2D eigenvalue weighted by molar-refractivity contribution is -0.134. The summed E-state index contributed by atoms with van der Waals surface area (Å²) in [6.45, 7) is 1.77. The van der Waals surface area contributed by atoms with Crippen LogP contribution < -0.4 is 0 Å². The van der Waals surface area contributed by atoms with Crippen LogP contribution in [0.3, 0.4) is 0 Å². The molecule has 0 radical (unpaired) electrons. The highest BCUT2D eigenvalue weighted by Crippen LogP contribution is 2.36. The molecule has 0 N–H and O–H groups in total. The SMILES string of the molecule is O=C(C1Cc2ccccc21)N1CCC(CCl)CC1. The lowest BCUT2D eigenvalue weighted by atomic mass is 9.76. The van der Waals surface area contributed by atoms with E-state index in [2.05, 4.69) is 12.1 Å². The summed E-state index contributed by atoms with van der Waals surface area (Å²) < 4.78 is 0. The van der Waals surface area contributed by atoms with Crippen molar-refractivity contribution in [3.63, 3.8) is 0 Å². The van der Waals surface area contributed by atoms with Crippen LogP contribution in [0.2, 0.25) is 0 Å². The Kier molecular flexibility index (Phi) is 3.29. The topological polar surface area (TPSA) is 20.3 Å². The largest absolute Gasteiger partial charge is 0.342 e. The Morgan fingerprint density at radius 1 is 1.28 bits per heavy atom. The van der Waals surface area contributed by atoms with Crippen molar-refractivity contribution in [2.75, 3.05) is 19.0 Å². The quantitative estimate of drug-likeness (QED) is 0.752. The number of piperidine rings is 1. The Morgan fingerprint density at radius 3 is 2.67 bits per heavy atom. The van der Waals surface area contributed by atoms with E-state index >= 15 is 0 Å². The molecular formula is C15H18ClNO. The molecule has 2 aliphatic rings. The maximum absolute atomic E-state index is 12.4. The van der Waals surface area contributed by atoms with Crippen LogP contribution in [-0.2, 0) is 11.2 Å². The number of carbonyl (C=O) groups is 1. The van der Waals surface area contributed by atoms with Crippen LogP contribution in [0.25, 0.3) is 0 Å². The van der Waals surface area contributed by atoms with Crippen LogP contribution in [-0.4, -0.2) is 29.8 Å². The first-order valence-corrected chi connectivity index (χ1v) is 7.25. The molecule has 1 atom stereocenters. The highest BCUT2D eigenvalue weighted by atomic mass is 35.5. The molecule has 1 heterocycles. The maximum Gasteiger partial charge on any atom is 0.230 e. The highest BCUT2D eigenvalue weighted by molar-refractivity contribution is 6.18. The number of nitrogens with zero attached hydrogens (tertiary/aromatic N) is 1. The average molecular weight is 264 g/mol. The average Bonchev–Trinajstić information content (AvgIpc) is 2.40. The standard InChI is InChI=1S/C15H18ClNO/c16-10-11-5-7-17(8-6-11)15(18)14-9-12-3-1-2-4-13(12)14/h1-4,11,14H,5-10H2. The van der Waals surface area contributed by atoms with Gasteiger partial charge in [0.25, 0.3) is 0 Å². The van der Waals surface area contributed by atoms with Gasteiger partial charge in [0.05, 0.1) is 5.92 Å². The van der Waals surface area contributed by atoms with Crippen molar-refractivity contribution in [2.45, 2.75) is 25.2 Å². The van der Waals surface area contributed by atoms with Gasteiger partial charge in [-0.05, 0) is 36.3 Å². The number of fused-ring (bicyclic) bond motifs is 1. The molecule has 96 valence electrons. The lowest BCUT2D eigenvalue weighted by Crippen LogP contribution is -2.43. The van der Waals surface area contributed by atoms with E-state index in [1.165, 1.54) is 11.1 Å². The molecule has 1 aromatic carbocycles. The fourth-order valence-electron chi connectivity index (χ4n) is 3.01. The second-order valence-electron chi connectivity index (χ2n) is 5.38. The highest BCUT2D eigenvalue weighted by Gasteiger charge is 2.35. The van der Waals surface area contributed by atoms with Gasteiger partial charge in [-0.2, -0.15) is 0 Å². The lowest BCUT2D eigenvalue weighted by Gasteiger charge is -2.37. The fourth-order valence-corrected chi connectivity index (χ4v) is 3.32. The molecule has 2 nitrogen and oxygen atoms in total. The smallest absolute Gasteiger partial charge is 0.230 e. The number of rotatable bonds is 2. The minimum absolute atomic E-state index is 0.119. The molecule has 1 aromatic rings. The van der Waals surface area contributed by atoms with E-state index in [1.807, 2.05) is 17.0 Å². The first-order chi connectivity index (χ1) is 8.79. The van der Waals surface area contributed by atoms with Gasteiger partial charge in [-0.3, -0.25) is 4.79 Å². The number of likely N-dealkylation sites (tertiary alicyclic amines) is 1. The molecule has 0 aromatic heterocycles. The number of alkyl halides is 1. The molecule has 0 bridgehead atoms. The van der Waals surface area contributed by atoms with Gasteiger partial charge in [0, 0.05) is 19.0 Å². The number of halogens is 1. The zero-order valence-electron chi connectivity index (χ0n) is 10.4. The minimum Gasteiger partial charge on any atom is -0.342 e. The third-order valence-corrected chi connectivity index (χ3v) is 4.73. The minimum atomic E-state index is 0.119. The summed E-state index contributed by atoms with van der Waals surface area (Å²) in [6.07, 6.45) is 3.04. The third-order valence-electron chi connectivity index (χ3n) is 4.30. The number of benzene rings is 1. The summed E-state index contributed by atoms with van der Waals surface area (Å²) in [6, 6.07) is 8.29. The van der Waals surface area contributed by atoms with E-state index in [0.29, 0.717) is 11.8 Å². The third kappa shape index (κ3) is 2.03. The molecule has 1 saturated heterocycles. The van der Waals surface area contributed by atoms with Crippen molar-refractivity contribution < 1.29 is 4.79 Å². The molecule has 3 heteroatoms. The van der Waals surface area contributed by atoms with E-state index < -0.39 is 0 Å². The molecule has 18 heavy (non-hydrogen) atoms. The molecule has 1 aliphatic carbocycles. The Morgan fingerprint density at radius 2 is 2.00 bits per heavy atom. The van der Waals surface area contributed by atoms with Crippen LogP contribution in [0, 0.1) is 5.92 Å². The van der Waals surface area contributed by atoms with Gasteiger partial charge in [-0.1, -0.05) is 24.3 Å². The summed E-state index contributed by atoms with van der Waals surface area (Å²) in [5, 5.41) is 0. The first-order valence-electron chi connectivity index (χ1n) is 6.72. The van der Waals surface area contributed by atoms with Crippen molar-refractivity contribution >= 4 is 17.5 Å². The van der Waals surface area contributed by atoms with Crippen molar-refractivity contribution in [3.05, 3.63) is 35.4 Å². The molecule has 1 unspecified atom stereocenters. The van der Waals surface area contributed by atoms with E-state index in [-0.39, 0.29) is 5.92 Å². The van der Waals surface area contributed by atoms with Gasteiger partial charge in [-0.25, -0.2) is 0 Å². The maximum atomic E-state index is 12.4. The van der Waals surface area contributed by atoms with Crippen LogP contribution in [0.1, 0.15) is 29.9 Å². The Hall–Kier alpha value is -1.02. The zero-order valence-corrected chi connectivity index (χ0v) is 11.2. The van der Waals surface area contributed by atoms with Crippen LogP contribution in [0.15, 0.2) is 24.3 Å². The van der Waals surface area contributed by atoms with E-state index in [9.17, 15) is 4.79 Å². The van der Waals surface area contributed by atoms with Gasteiger partial charge in [0.15, 0.2) is 0 Å². The number of hydrogen-bond donors (Lipinski definition) is 0. The summed E-state index contributed by atoms with van der Waals surface area (Å²) in [5.41, 5.74) is 2.58. The Bertz CT molecular complexity index is 452. The molecule has 0 saturated carbocycles. The zero-order chi connectivity index (χ0) is 12.5. The van der Waals surface area contributed by atoms with Gasteiger partial charge >= 0.3 is 0 Å². The predicted molar refractivity (Wildman–Crippen MR) is 72.9 cm³/mol. The molecule has 1 fully saturated rings. The van der Waals surface area contributed by atoms with Crippen molar-refractivity contribution in [1.82, 2.24) is 4.90 Å². The van der Waals surface area contributed by atoms with Gasteiger partial charge in [0.2, 0.25) is 5.91 Å². The number of carbonyl (C=O) groups excluding carboxylic acids is 1. The van der Waals surface area contributed by atoms with E-state index in [0.717, 1.165) is 38.2 Å². The molecule has 0 spiro atoms. The van der Waals surface area contributed by atoms with Gasteiger partial charge in [0.1, 0.15) is 0 Å². The molecular weight excluding hydrogens is 246 g/mol. The summed E-state index contributed by atoms with van der Waals surface area (Å²) >= 11 is 5.87. The Labute approximate surface area is 113 Å². The van der Waals surface area contributed by atoms with Crippen molar-refractivity contribution in [3.8, 4) is 0 Å². The summed E-state index contributed by atoms with van der Waals surface area (Å²) in [7, 11) is 0. The Balaban J connectivity index is 1.64. The number of hydrogen-bond acceptors (Lipinski definition) is 1. The first kappa shape index (κ1) is 12.0. The van der Waals surface area contributed by atoms with Crippen LogP contribution in [0.5, 0.6) is 0 Å². The predicted octanol–water partition coefficient (Wildman–Crippen LogP) is 2.80. The number of amides is 1. The van der Waals surface area contributed by atoms with Crippen LogP contribution >= 0.6 is 11.6 Å². The molecule has 1 aliphatic heterocycles. The second kappa shape index (κ2) is 4.93. The second-order valence-corrected chi connectivity index (χ2v) is 5.69. The normalized spacial score (nSPS) is 23.4. The van der Waals surface area contributed by atoms with E-state index in [4.69, 9.17) is 11.6 Å². The van der Waals surface area contributed by atoms with E-state index in [1.54, 1.807) is 0 Å². The molecule has 3 rings (SSSR count). The van der Waals surface area contributed by atoms with Crippen molar-refractivity contribution in [2.24, 2.45) is 5.92 Å². The van der Waals surface area contributed by atoms with Crippen molar-refractivity contribution in [1.29, 1.82) is 0 Å². The van der Waals surface area contributed by atoms with Gasteiger partial charge in [-0.15, -0.1) is 11.6 Å². The summed E-state index contributed by atoms with van der Waals surface area (Å²) in [4.78, 5) is 14.5. The van der Waals surface area contributed by atoms with Gasteiger partial charge < -0.3 is 4.90 Å². The van der Waals surface area contributed by atoms with Crippen LogP contribution in [0.4, 0.5) is 0 Å². The summed E-state index contributed by atoms with van der Waals surface area (Å²) in [5.74, 6) is 1.77.